The van der Waals surface area contributed by atoms with Gasteiger partial charge in [-0.25, -0.2) is 10.2 Å². The molecule has 0 unspecified atom stereocenters. The third kappa shape index (κ3) is 4.05. The average molecular weight is 230 g/mol. The minimum atomic E-state index is -0.579. The minimum absolute atomic E-state index is 0.424. The highest BCUT2D eigenvalue weighted by Crippen LogP contribution is 2.10. The van der Waals surface area contributed by atoms with E-state index in [1.54, 1.807) is 19.0 Å². The van der Waals surface area contributed by atoms with Crippen LogP contribution in [0.4, 0.5) is 0 Å². The van der Waals surface area contributed by atoms with Crippen molar-refractivity contribution in [3.63, 3.8) is 0 Å². The number of hydrogen-bond acceptors (Lipinski definition) is 4. The van der Waals surface area contributed by atoms with Gasteiger partial charge in [0.2, 0.25) is 0 Å². The quantitative estimate of drug-likeness (QED) is 0.374. The molecular formula is C13H14N2O2. The highest BCUT2D eigenvalue weighted by atomic mass is 16.7. The number of benzene rings is 1. The smallest absolute Gasteiger partial charge is 0.303 e. The molecule has 4 heteroatoms. The summed E-state index contributed by atoms with van der Waals surface area (Å²) in [7, 11) is 0. The first-order valence-corrected chi connectivity index (χ1v) is 5.27. The summed E-state index contributed by atoms with van der Waals surface area (Å²) >= 11 is 0. The Hall–Kier alpha value is -2.19. The van der Waals surface area contributed by atoms with Crippen LogP contribution in [0.15, 0.2) is 35.0 Å². The van der Waals surface area contributed by atoms with Crippen LogP contribution in [0.5, 0.6) is 0 Å². The third-order valence-corrected chi connectivity index (χ3v) is 2.27. The number of carbonyl (C=O) groups is 1. The molecule has 0 heterocycles. The SMILES string of the molecule is CCc1ccc(C=C(C)C(=O)ON=C=N)cc1. The number of carbonyl (C=O) groups excluding carboxylic acids is 1. The molecule has 0 aliphatic rings. The molecule has 1 rings (SSSR count). The van der Waals surface area contributed by atoms with E-state index in [-0.39, 0.29) is 0 Å². The van der Waals surface area contributed by atoms with Crippen LogP contribution >= 0.6 is 0 Å². The number of nitrogens with one attached hydrogen (secondary N) is 1. The first-order chi connectivity index (χ1) is 8.17. The number of hydrogen-bond donors (Lipinski definition) is 1. The van der Waals surface area contributed by atoms with Crippen molar-refractivity contribution in [2.24, 2.45) is 5.16 Å². The summed E-state index contributed by atoms with van der Waals surface area (Å²) in [4.78, 5) is 15.7. The van der Waals surface area contributed by atoms with Crippen LogP contribution in [-0.2, 0) is 16.1 Å². The zero-order valence-electron chi connectivity index (χ0n) is 9.86. The lowest BCUT2D eigenvalue weighted by Gasteiger charge is -1.99. The predicted molar refractivity (Wildman–Crippen MR) is 65.7 cm³/mol. The Labute approximate surface area is 100 Å². The molecule has 0 atom stereocenters. The van der Waals surface area contributed by atoms with Crippen LogP contribution in [0.25, 0.3) is 6.08 Å². The monoisotopic (exact) mass is 230 g/mol. The second-order valence-corrected chi connectivity index (χ2v) is 3.50. The fraction of sp³-hybridized carbons (Fsp3) is 0.231. The van der Waals surface area contributed by atoms with E-state index >= 15 is 0 Å². The van der Waals surface area contributed by atoms with E-state index in [0.29, 0.717) is 5.57 Å². The van der Waals surface area contributed by atoms with E-state index in [9.17, 15) is 4.79 Å². The van der Waals surface area contributed by atoms with Gasteiger partial charge >= 0.3 is 5.97 Å². The Kier molecular flexibility index (Phi) is 4.85. The lowest BCUT2D eigenvalue weighted by molar-refractivity contribution is -0.138. The Bertz CT molecular complexity index is 469. The molecule has 1 aromatic rings. The Balaban J connectivity index is 2.79. The van der Waals surface area contributed by atoms with Crippen molar-refractivity contribution in [2.75, 3.05) is 0 Å². The average Bonchev–Trinajstić information content (AvgIpc) is 2.36. The van der Waals surface area contributed by atoms with Crippen molar-refractivity contribution >= 4 is 18.1 Å². The van der Waals surface area contributed by atoms with Gasteiger partial charge in [-0.1, -0.05) is 31.2 Å². The summed E-state index contributed by atoms with van der Waals surface area (Å²) in [6.45, 7) is 3.72. The molecule has 0 radical (unpaired) electrons. The molecule has 1 N–H and O–H groups in total. The van der Waals surface area contributed by atoms with E-state index in [2.05, 4.69) is 16.9 Å². The Morgan fingerprint density at radius 2 is 2.12 bits per heavy atom. The minimum Gasteiger partial charge on any atom is -0.303 e. The highest BCUT2D eigenvalue weighted by molar-refractivity contribution is 5.92. The predicted octanol–water partition coefficient (Wildman–Crippen LogP) is 2.86. The molecule has 1 aromatic carbocycles. The van der Waals surface area contributed by atoms with Crippen LogP contribution in [0.3, 0.4) is 0 Å². The van der Waals surface area contributed by atoms with Crippen LogP contribution in [0.1, 0.15) is 25.0 Å². The number of nitrogens with zero attached hydrogens (tertiary/aromatic N) is 1. The van der Waals surface area contributed by atoms with Crippen LogP contribution in [-0.4, -0.2) is 12.0 Å². The maximum absolute atomic E-state index is 11.3. The van der Waals surface area contributed by atoms with Gasteiger partial charge in [-0.15, -0.1) is 0 Å². The Morgan fingerprint density at radius 3 is 2.65 bits per heavy atom. The molecule has 0 bridgehead atoms. The highest BCUT2D eigenvalue weighted by Gasteiger charge is 2.05. The maximum atomic E-state index is 11.3. The zero-order valence-corrected chi connectivity index (χ0v) is 9.86. The van der Waals surface area contributed by atoms with Crippen LogP contribution < -0.4 is 0 Å². The first kappa shape index (κ1) is 12.9. The number of rotatable bonds is 4. The molecule has 0 aliphatic heterocycles. The summed E-state index contributed by atoms with van der Waals surface area (Å²) in [6, 6.07) is 9.55. The summed E-state index contributed by atoms with van der Waals surface area (Å²) in [5.74, 6) is -0.579. The maximum Gasteiger partial charge on any atom is 0.362 e. The molecule has 17 heavy (non-hydrogen) atoms. The van der Waals surface area contributed by atoms with Gasteiger partial charge in [0.25, 0.3) is 0 Å². The number of aryl methyl sites for hydroxylation is 1. The van der Waals surface area contributed by atoms with Gasteiger partial charge in [0, 0.05) is 5.57 Å². The molecule has 4 nitrogen and oxygen atoms in total. The fourth-order valence-corrected chi connectivity index (χ4v) is 1.29. The second-order valence-electron chi connectivity index (χ2n) is 3.50. The van der Waals surface area contributed by atoms with Gasteiger partial charge in [-0.05, 0) is 35.7 Å². The lowest BCUT2D eigenvalue weighted by atomic mass is 10.1. The van der Waals surface area contributed by atoms with Gasteiger partial charge in [-0.2, -0.15) is 0 Å². The molecule has 0 aromatic heterocycles. The van der Waals surface area contributed by atoms with Crippen molar-refractivity contribution in [1.82, 2.24) is 0 Å². The molecule has 0 saturated carbocycles. The van der Waals surface area contributed by atoms with Gasteiger partial charge in [-0.3, -0.25) is 0 Å². The van der Waals surface area contributed by atoms with Crippen molar-refractivity contribution < 1.29 is 9.63 Å². The van der Waals surface area contributed by atoms with E-state index < -0.39 is 5.97 Å². The molecule has 0 aliphatic carbocycles. The van der Waals surface area contributed by atoms with Crippen molar-refractivity contribution in [1.29, 1.82) is 5.41 Å². The summed E-state index contributed by atoms with van der Waals surface area (Å²) in [5, 5.41) is 9.48. The van der Waals surface area contributed by atoms with E-state index in [0.717, 1.165) is 12.0 Å². The third-order valence-electron chi connectivity index (χ3n) is 2.27. The van der Waals surface area contributed by atoms with E-state index in [1.165, 1.54) is 5.56 Å². The van der Waals surface area contributed by atoms with Crippen molar-refractivity contribution in [3.8, 4) is 0 Å². The van der Waals surface area contributed by atoms with Crippen LogP contribution in [0.2, 0.25) is 0 Å². The van der Waals surface area contributed by atoms with E-state index in [1.807, 2.05) is 24.3 Å². The molecule has 0 fully saturated rings. The van der Waals surface area contributed by atoms with Crippen LogP contribution in [0, 0.1) is 5.41 Å². The van der Waals surface area contributed by atoms with Gasteiger partial charge < -0.3 is 4.84 Å². The lowest BCUT2D eigenvalue weighted by Crippen LogP contribution is -2.00. The topological polar surface area (TPSA) is 62.5 Å². The molecule has 88 valence electrons. The molecule has 0 saturated heterocycles. The second kappa shape index (κ2) is 6.40. The van der Waals surface area contributed by atoms with Gasteiger partial charge in [0.05, 0.1) is 0 Å². The standard InChI is InChI=1S/C13H14N2O2/c1-3-11-4-6-12(7-5-11)8-10(2)13(16)17-15-9-14/h4-8,14H,3H2,1-2H3. The van der Waals surface area contributed by atoms with Gasteiger partial charge in [0.1, 0.15) is 6.01 Å². The molecular weight excluding hydrogens is 216 g/mol. The van der Waals surface area contributed by atoms with Crippen molar-refractivity contribution in [2.45, 2.75) is 20.3 Å². The van der Waals surface area contributed by atoms with E-state index in [4.69, 9.17) is 5.41 Å². The summed E-state index contributed by atoms with van der Waals surface area (Å²) < 4.78 is 0. The summed E-state index contributed by atoms with van der Waals surface area (Å²) in [6.07, 6.45) is 2.69. The summed E-state index contributed by atoms with van der Waals surface area (Å²) in [5.41, 5.74) is 2.60. The first-order valence-electron chi connectivity index (χ1n) is 5.27. The fourth-order valence-electron chi connectivity index (χ4n) is 1.29. The largest absolute Gasteiger partial charge is 0.362 e. The normalized spacial score (nSPS) is 10.6. The van der Waals surface area contributed by atoms with Gasteiger partial charge in [0.15, 0.2) is 0 Å². The zero-order chi connectivity index (χ0) is 12.7. The Morgan fingerprint density at radius 1 is 1.47 bits per heavy atom. The molecule has 0 amide bonds. The molecule has 0 spiro atoms. The van der Waals surface area contributed by atoms with Crippen molar-refractivity contribution in [3.05, 3.63) is 41.0 Å².